The van der Waals surface area contributed by atoms with Gasteiger partial charge < -0.3 is 19.7 Å². The number of ether oxygens (including phenoxy) is 2. The van der Waals surface area contributed by atoms with Crippen LogP contribution in [-0.4, -0.2) is 51.8 Å². The van der Waals surface area contributed by atoms with Crippen molar-refractivity contribution in [3.05, 3.63) is 0 Å². The molecule has 0 aromatic carbocycles. The van der Waals surface area contributed by atoms with Crippen LogP contribution in [-0.2, 0) is 23.9 Å². The number of hydrogen-bond acceptors (Lipinski definition) is 7. The van der Waals surface area contributed by atoms with Crippen LogP contribution in [0, 0.1) is 17.8 Å². The molecule has 0 aliphatic heterocycles. The maximum Gasteiger partial charge on any atom is 0.353 e. The van der Waals surface area contributed by atoms with Gasteiger partial charge in [-0.15, -0.1) is 0 Å². The largest absolute Gasteiger partial charge is 0.389 e. The van der Waals surface area contributed by atoms with E-state index in [4.69, 9.17) is 4.74 Å². The molecule has 1 saturated carbocycles. The van der Waals surface area contributed by atoms with Crippen LogP contribution in [0.15, 0.2) is 0 Å². The van der Waals surface area contributed by atoms with Gasteiger partial charge >= 0.3 is 11.9 Å². The number of carbonyl (C=O) groups excluding carboxylic acids is 3. The van der Waals surface area contributed by atoms with E-state index in [2.05, 4.69) is 25.5 Å². The summed E-state index contributed by atoms with van der Waals surface area (Å²) in [6, 6.07) is 0. The highest BCUT2D eigenvalue weighted by molar-refractivity contribution is 6.11. The van der Waals surface area contributed by atoms with Gasteiger partial charge in [0.1, 0.15) is 12.2 Å². The highest BCUT2D eigenvalue weighted by Gasteiger charge is 2.50. The summed E-state index contributed by atoms with van der Waals surface area (Å²) in [6.45, 7) is 9.80. The molecule has 1 fully saturated rings. The predicted octanol–water partition coefficient (Wildman–Crippen LogP) is 1.62. The van der Waals surface area contributed by atoms with Gasteiger partial charge in [0.15, 0.2) is 0 Å². The normalized spacial score (nSPS) is 28.1. The Hall–Kier alpha value is -1.31. The van der Waals surface area contributed by atoms with E-state index in [1.807, 2.05) is 0 Å². The fourth-order valence-electron chi connectivity index (χ4n) is 3.43. The summed E-state index contributed by atoms with van der Waals surface area (Å²) < 4.78 is 10.6. The van der Waals surface area contributed by atoms with Crippen LogP contribution in [0.25, 0.3) is 0 Å². The van der Waals surface area contributed by atoms with Gasteiger partial charge in [-0.2, -0.15) is 0 Å². The second-order valence-electron chi connectivity index (χ2n) is 7.94. The average molecular weight is 372 g/mol. The topological polar surface area (TPSA) is 110 Å². The maximum atomic E-state index is 12.5. The molecule has 0 saturated heterocycles. The van der Waals surface area contributed by atoms with Crippen molar-refractivity contribution in [3.8, 4) is 0 Å². The zero-order valence-electron chi connectivity index (χ0n) is 16.5. The molecule has 0 radical (unpaired) electrons. The van der Waals surface area contributed by atoms with Crippen molar-refractivity contribution in [2.24, 2.45) is 17.8 Å². The summed E-state index contributed by atoms with van der Waals surface area (Å²) in [7, 11) is 0. The standard InChI is InChI=1S/C19H32O7/c1-10(2)14-8-7-11(3)9-15(14)26-19(6,16(22)12(4)20)18(24)25-17(23)13(5)21/h10-15,20-21H,7-9H2,1-6H3. The third-order valence-corrected chi connectivity index (χ3v) is 5.12. The van der Waals surface area contributed by atoms with E-state index in [1.54, 1.807) is 0 Å². The van der Waals surface area contributed by atoms with Crippen LogP contribution >= 0.6 is 0 Å². The Morgan fingerprint density at radius 1 is 1.04 bits per heavy atom. The Balaban J connectivity index is 3.13. The summed E-state index contributed by atoms with van der Waals surface area (Å²) in [5, 5.41) is 19.0. The second kappa shape index (κ2) is 9.06. The molecule has 150 valence electrons. The Labute approximate surface area is 155 Å². The minimum Gasteiger partial charge on any atom is -0.389 e. The fourth-order valence-corrected chi connectivity index (χ4v) is 3.43. The molecule has 0 bridgehead atoms. The van der Waals surface area contributed by atoms with Crippen molar-refractivity contribution in [3.63, 3.8) is 0 Å². The van der Waals surface area contributed by atoms with Gasteiger partial charge in [0.2, 0.25) is 11.4 Å². The first-order chi connectivity index (χ1) is 11.9. The third-order valence-electron chi connectivity index (χ3n) is 5.12. The van der Waals surface area contributed by atoms with E-state index in [9.17, 15) is 24.6 Å². The molecule has 2 N–H and O–H groups in total. The van der Waals surface area contributed by atoms with Crippen molar-refractivity contribution in [2.75, 3.05) is 0 Å². The molecular formula is C19H32O7. The first-order valence-corrected chi connectivity index (χ1v) is 9.24. The molecule has 7 nitrogen and oxygen atoms in total. The number of aliphatic hydroxyl groups excluding tert-OH is 2. The van der Waals surface area contributed by atoms with Gasteiger partial charge in [0.05, 0.1) is 6.10 Å². The quantitative estimate of drug-likeness (QED) is 0.516. The van der Waals surface area contributed by atoms with E-state index in [0.29, 0.717) is 12.3 Å². The van der Waals surface area contributed by atoms with Gasteiger partial charge in [0, 0.05) is 0 Å². The molecule has 0 amide bonds. The number of hydrogen-bond donors (Lipinski definition) is 2. The number of Topliss-reactive ketones (excluding diaryl/α,β-unsaturated/α-hetero) is 1. The molecule has 7 heteroatoms. The molecule has 0 spiro atoms. The summed E-state index contributed by atoms with van der Waals surface area (Å²) in [6.07, 6.45) is -0.738. The Morgan fingerprint density at radius 3 is 2.08 bits per heavy atom. The number of carbonyl (C=O) groups is 3. The van der Waals surface area contributed by atoms with Crippen LogP contribution in [0.4, 0.5) is 0 Å². The molecular weight excluding hydrogens is 340 g/mol. The van der Waals surface area contributed by atoms with Crippen LogP contribution in [0.1, 0.15) is 60.8 Å². The Morgan fingerprint density at radius 2 is 1.62 bits per heavy atom. The lowest BCUT2D eigenvalue weighted by atomic mass is 9.75. The molecule has 0 aromatic rings. The monoisotopic (exact) mass is 372 g/mol. The minimum absolute atomic E-state index is 0.146. The zero-order chi connectivity index (χ0) is 20.2. The molecule has 1 rings (SSSR count). The van der Waals surface area contributed by atoms with Crippen LogP contribution in [0.2, 0.25) is 0 Å². The zero-order valence-corrected chi connectivity index (χ0v) is 16.5. The van der Waals surface area contributed by atoms with Gasteiger partial charge in [-0.1, -0.05) is 27.2 Å². The summed E-state index contributed by atoms with van der Waals surface area (Å²) >= 11 is 0. The third kappa shape index (κ3) is 5.34. The second-order valence-corrected chi connectivity index (χ2v) is 7.94. The van der Waals surface area contributed by atoms with Crippen LogP contribution < -0.4 is 0 Å². The van der Waals surface area contributed by atoms with Gasteiger partial charge in [0.25, 0.3) is 0 Å². The van der Waals surface area contributed by atoms with Crippen LogP contribution in [0.3, 0.4) is 0 Å². The average Bonchev–Trinajstić information content (AvgIpc) is 2.53. The highest BCUT2D eigenvalue weighted by atomic mass is 16.6. The van der Waals surface area contributed by atoms with Crippen molar-refractivity contribution >= 4 is 17.7 Å². The molecule has 1 aliphatic carbocycles. The first-order valence-electron chi connectivity index (χ1n) is 9.24. The summed E-state index contributed by atoms with van der Waals surface area (Å²) in [5.74, 6) is -2.45. The first kappa shape index (κ1) is 22.7. The molecule has 1 aliphatic rings. The SMILES string of the molecule is CC1CCC(C(C)C)C(OC(C)(C(=O)OC(=O)C(C)O)C(=O)C(C)O)C1. The fraction of sp³-hybridized carbons (Fsp3) is 0.842. The maximum absolute atomic E-state index is 12.5. The lowest BCUT2D eigenvalue weighted by Crippen LogP contribution is -2.55. The number of rotatable bonds is 7. The predicted molar refractivity (Wildman–Crippen MR) is 94.1 cm³/mol. The molecule has 0 aromatic heterocycles. The van der Waals surface area contributed by atoms with Gasteiger partial charge in [-0.05, 0) is 51.4 Å². The lowest BCUT2D eigenvalue weighted by molar-refractivity contribution is -0.197. The molecule has 6 unspecified atom stereocenters. The Kier molecular flexibility index (Phi) is 7.92. The summed E-state index contributed by atoms with van der Waals surface area (Å²) in [4.78, 5) is 36.7. The van der Waals surface area contributed by atoms with E-state index in [0.717, 1.165) is 19.8 Å². The number of ketones is 1. The van der Waals surface area contributed by atoms with Crippen molar-refractivity contribution in [1.29, 1.82) is 0 Å². The van der Waals surface area contributed by atoms with E-state index in [-0.39, 0.29) is 17.9 Å². The van der Waals surface area contributed by atoms with Crippen LogP contribution in [0.5, 0.6) is 0 Å². The van der Waals surface area contributed by atoms with E-state index >= 15 is 0 Å². The van der Waals surface area contributed by atoms with Crippen molar-refractivity contribution in [2.45, 2.75) is 84.7 Å². The van der Waals surface area contributed by atoms with Crippen molar-refractivity contribution < 1.29 is 34.1 Å². The number of aliphatic hydroxyl groups is 2. The number of esters is 2. The van der Waals surface area contributed by atoms with E-state index < -0.39 is 35.5 Å². The minimum atomic E-state index is -2.12. The van der Waals surface area contributed by atoms with Gasteiger partial charge in [-0.25, -0.2) is 9.59 Å². The molecule has 6 atom stereocenters. The highest BCUT2D eigenvalue weighted by Crippen LogP contribution is 2.38. The van der Waals surface area contributed by atoms with Gasteiger partial charge in [-0.3, -0.25) is 4.79 Å². The van der Waals surface area contributed by atoms with E-state index in [1.165, 1.54) is 13.8 Å². The van der Waals surface area contributed by atoms with Crippen molar-refractivity contribution in [1.82, 2.24) is 0 Å². The Bertz CT molecular complexity index is 526. The smallest absolute Gasteiger partial charge is 0.353 e. The summed E-state index contributed by atoms with van der Waals surface area (Å²) in [5.41, 5.74) is -2.12. The molecule has 26 heavy (non-hydrogen) atoms. The lowest BCUT2D eigenvalue weighted by Gasteiger charge is -2.41. The molecule has 0 heterocycles.